The van der Waals surface area contributed by atoms with Crippen LogP contribution in [0.3, 0.4) is 0 Å². The number of fused-ring (bicyclic) bond motifs is 5. The Balaban J connectivity index is 1.89. The molecule has 4 rings (SSSR count). The van der Waals surface area contributed by atoms with Crippen LogP contribution in [0.5, 0.6) is 0 Å². The quantitative estimate of drug-likeness (QED) is 0.895. The third kappa shape index (κ3) is 2.38. The molecule has 120 valence electrons. The molecule has 0 spiro atoms. The second-order valence-corrected chi connectivity index (χ2v) is 6.38. The lowest BCUT2D eigenvalue weighted by Gasteiger charge is -2.19. The number of halogens is 1. The lowest BCUT2D eigenvalue weighted by Crippen LogP contribution is -2.23. The van der Waals surface area contributed by atoms with Crippen LogP contribution < -0.4 is 5.32 Å². The standard InChI is InChI=1S/C19H20FNO2/c1-21-10-12-9-17-13-4-2-3-5-14(13)18(22)15-7-6-11(20)8-16(15)19(17)23-12/h2-8,12,17-19,21-22H,9-10H2,1H3. The monoisotopic (exact) mass is 313 g/mol. The zero-order chi connectivity index (χ0) is 16.0. The first-order valence-electron chi connectivity index (χ1n) is 8.05. The summed E-state index contributed by atoms with van der Waals surface area (Å²) < 4.78 is 20.1. The van der Waals surface area contributed by atoms with Crippen LogP contribution >= 0.6 is 0 Å². The van der Waals surface area contributed by atoms with Crippen LogP contribution in [0.2, 0.25) is 0 Å². The molecule has 1 fully saturated rings. The zero-order valence-electron chi connectivity index (χ0n) is 13.0. The molecule has 0 bridgehead atoms. The number of hydrogen-bond donors (Lipinski definition) is 2. The van der Waals surface area contributed by atoms with Crippen LogP contribution in [0.15, 0.2) is 42.5 Å². The second-order valence-electron chi connectivity index (χ2n) is 6.38. The number of hydrogen-bond acceptors (Lipinski definition) is 3. The smallest absolute Gasteiger partial charge is 0.123 e. The molecule has 1 aliphatic carbocycles. The Labute approximate surface area is 135 Å². The van der Waals surface area contributed by atoms with Crippen molar-refractivity contribution in [1.29, 1.82) is 0 Å². The predicted octanol–water partition coefficient (Wildman–Crippen LogP) is 3.05. The van der Waals surface area contributed by atoms with Gasteiger partial charge in [-0.05, 0) is 47.9 Å². The molecule has 4 unspecified atom stereocenters. The fourth-order valence-electron chi connectivity index (χ4n) is 4.01. The lowest BCUT2D eigenvalue weighted by molar-refractivity contribution is 0.0412. The SMILES string of the molecule is CNCC1CC2c3ccccc3C(O)c3ccc(F)cc3C2O1. The van der Waals surface area contributed by atoms with E-state index in [2.05, 4.69) is 11.4 Å². The van der Waals surface area contributed by atoms with E-state index in [0.29, 0.717) is 0 Å². The van der Waals surface area contributed by atoms with Crippen LogP contribution in [0, 0.1) is 5.82 Å². The van der Waals surface area contributed by atoms with Crippen molar-refractivity contribution >= 4 is 0 Å². The Hall–Kier alpha value is -1.75. The first kappa shape index (κ1) is 14.8. The molecule has 23 heavy (non-hydrogen) atoms. The summed E-state index contributed by atoms with van der Waals surface area (Å²) >= 11 is 0. The summed E-state index contributed by atoms with van der Waals surface area (Å²) in [5.41, 5.74) is 3.54. The number of rotatable bonds is 2. The summed E-state index contributed by atoms with van der Waals surface area (Å²) in [5.74, 6) is -0.149. The van der Waals surface area contributed by atoms with Crippen molar-refractivity contribution in [3.8, 4) is 0 Å². The van der Waals surface area contributed by atoms with E-state index in [0.717, 1.165) is 35.2 Å². The summed E-state index contributed by atoms with van der Waals surface area (Å²) in [4.78, 5) is 0. The maximum absolute atomic E-state index is 13.8. The molecule has 4 atom stereocenters. The van der Waals surface area contributed by atoms with Crippen LogP contribution in [-0.2, 0) is 4.74 Å². The summed E-state index contributed by atoms with van der Waals surface area (Å²) in [6.45, 7) is 0.766. The summed E-state index contributed by atoms with van der Waals surface area (Å²) in [7, 11) is 1.91. The van der Waals surface area contributed by atoms with E-state index >= 15 is 0 Å². The normalized spacial score (nSPS) is 28.7. The van der Waals surface area contributed by atoms with Gasteiger partial charge in [-0.15, -0.1) is 0 Å². The van der Waals surface area contributed by atoms with Crippen molar-refractivity contribution in [2.75, 3.05) is 13.6 Å². The topological polar surface area (TPSA) is 41.5 Å². The largest absolute Gasteiger partial charge is 0.384 e. The highest BCUT2D eigenvalue weighted by atomic mass is 19.1. The number of aliphatic hydroxyl groups excluding tert-OH is 1. The van der Waals surface area contributed by atoms with Gasteiger partial charge in [0.2, 0.25) is 0 Å². The maximum Gasteiger partial charge on any atom is 0.123 e. The van der Waals surface area contributed by atoms with Crippen LogP contribution in [0.1, 0.15) is 46.8 Å². The highest BCUT2D eigenvalue weighted by Crippen LogP contribution is 2.51. The number of ether oxygens (including phenoxy) is 1. The minimum absolute atomic E-state index is 0.0921. The molecule has 0 saturated carbocycles. The van der Waals surface area contributed by atoms with Gasteiger partial charge in [0.05, 0.1) is 12.2 Å². The van der Waals surface area contributed by atoms with Gasteiger partial charge >= 0.3 is 0 Å². The van der Waals surface area contributed by atoms with Gasteiger partial charge in [-0.2, -0.15) is 0 Å². The third-order valence-corrected chi connectivity index (χ3v) is 4.99. The molecular weight excluding hydrogens is 293 g/mol. The molecular formula is C19H20FNO2. The first-order valence-corrected chi connectivity index (χ1v) is 8.05. The van der Waals surface area contributed by atoms with Crippen LogP contribution in [0.4, 0.5) is 4.39 Å². The lowest BCUT2D eigenvalue weighted by atomic mass is 9.87. The molecule has 4 heteroatoms. The predicted molar refractivity (Wildman–Crippen MR) is 85.8 cm³/mol. The molecule has 0 radical (unpaired) electrons. The van der Waals surface area contributed by atoms with E-state index in [-0.39, 0.29) is 23.9 Å². The highest BCUT2D eigenvalue weighted by molar-refractivity contribution is 5.47. The van der Waals surface area contributed by atoms with Gasteiger partial charge in [-0.25, -0.2) is 4.39 Å². The molecule has 1 heterocycles. The molecule has 0 aromatic heterocycles. The average molecular weight is 313 g/mol. The van der Waals surface area contributed by atoms with Gasteiger partial charge in [-0.3, -0.25) is 0 Å². The van der Waals surface area contributed by atoms with E-state index in [1.807, 2.05) is 25.2 Å². The van der Waals surface area contributed by atoms with E-state index < -0.39 is 6.10 Å². The van der Waals surface area contributed by atoms with E-state index in [1.54, 1.807) is 6.07 Å². The first-order chi connectivity index (χ1) is 11.2. The molecule has 2 aromatic rings. The molecule has 3 nitrogen and oxygen atoms in total. The number of aliphatic hydroxyl groups is 1. The Kier molecular flexibility index (Phi) is 3.68. The molecule has 1 aliphatic heterocycles. The fourth-order valence-corrected chi connectivity index (χ4v) is 4.01. The van der Waals surface area contributed by atoms with Crippen molar-refractivity contribution in [1.82, 2.24) is 5.32 Å². The number of likely N-dealkylation sites (N-methyl/N-ethyl adjacent to an activating group) is 1. The van der Waals surface area contributed by atoms with Crippen LogP contribution in [0.25, 0.3) is 0 Å². The minimum atomic E-state index is -0.737. The van der Waals surface area contributed by atoms with Gasteiger partial charge in [0.15, 0.2) is 0 Å². The highest BCUT2D eigenvalue weighted by Gasteiger charge is 2.42. The zero-order valence-corrected chi connectivity index (χ0v) is 13.0. The third-order valence-electron chi connectivity index (χ3n) is 4.99. The summed E-state index contributed by atoms with van der Waals surface area (Å²) in [5, 5.41) is 14.0. The molecule has 2 N–H and O–H groups in total. The molecule has 1 saturated heterocycles. The number of benzene rings is 2. The molecule has 2 aromatic carbocycles. The second kappa shape index (κ2) is 5.71. The van der Waals surface area contributed by atoms with E-state index in [4.69, 9.17) is 4.74 Å². The van der Waals surface area contributed by atoms with Gasteiger partial charge in [0, 0.05) is 12.5 Å². The van der Waals surface area contributed by atoms with E-state index in [1.165, 1.54) is 12.1 Å². The molecule has 0 amide bonds. The van der Waals surface area contributed by atoms with Gasteiger partial charge in [0.25, 0.3) is 0 Å². The Morgan fingerprint density at radius 1 is 1.13 bits per heavy atom. The Morgan fingerprint density at radius 2 is 1.87 bits per heavy atom. The van der Waals surface area contributed by atoms with Gasteiger partial charge in [0.1, 0.15) is 11.9 Å². The van der Waals surface area contributed by atoms with Crippen molar-refractivity contribution < 1.29 is 14.2 Å². The summed E-state index contributed by atoms with van der Waals surface area (Å²) in [6, 6.07) is 12.6. The van der Waals surface area contributed by atoms with Gasteiger partial charge < -0.3 is 15.2 Å². The van der Waals surface area contributed by atoms with Crippen molar-refractivity contribution in [2.45, 2.75) is 30.7 Å². The average Bonchev–Trinajstić information content (AvgIpc) is 2.95. The van der Waals surface area contributed by atoms with Crippen molar-refractivity contribution in [3.05, 3.63) is 70.5 Å². The Bertz CT molecular complexity index is 733. The van der Waals surface area contributed by atoms with Crippen molar-refractivity contribution in [2.24, 2.45) is 0 Å². The Morgan fingerprint density at radius 3 is 2.65 bits per heavy atom. The maximum atomic E-state index is 13.8. The van der Waals surface area contributed by atoms with E-state index in [9.17, 15) is 9.50 Å². The van der Waals surface area contributed by atoms with Crippen LogP contribution in [-0.4, -0.2) is 24.8 Å². The number of nitrogens with one attached hydrogen (secondary N) is 1. The summed E-state index contributed by atoms with van der Waals surface area (Å²) in [6.07, 6.45) is 0.0103. The van der Waals surface area contributed by atoms with Crippen molar-refractivity contribution in [3.63, 3.8) is 0 Å². The van der Waals surface area contributed by atoms with Gasteiger partial charge in [-0.1, -0.05) is 30.3 Å². The fraction of sp³-hybridized carbons (Fsp3) is 0.368. The minimum Gasteiger partial charge on any atom is -0.384 e. The molecule has 2 aliphatic rings.